The molecule has 25 heavy (non-hydrogen) atoms. The van der Waals surface area contributed by atoms with Crippen molar-refractivity contribution in [1.29, 1.82) is 5.26 Å². The minimum absolute atomic E-state index is 0.341. The summed E-state index contributed by atoms with van der Waals surface area (Å²) in [7, 11) is 0. The van der Waals surface area contributed by atoms with Gasteiger partial charge in [-0.3, -0.25) is 4.79 Å². The standard InChI is InChI=1S/C19H17ClN2O3/c1-19(2)17(23)16(14-9-11(10-21)3-8-15(14)25-19)22-18(24)12-4-6-13(20)7-5-12/h3-9,16-17,23H,1-2H3,(H,22,24)/t16-,17+/m1/s1. The Morgan fingerprint density at radius 2 is 1.96 bits per heavy atom. The highest BCUT2D eigenvalue weighted by atomic mass is 35.5. The number of hydrogen-bond acceptors (Lipinski definition) is 4. The van der Waals surface area contributed by atoms with Crippen molar-refractivity contribution in [3.63, 3.8) is 0 Å². The number of hydrogen-bond donors (Lipinski definition) is 2. The van der Waals surface area contributed by atoms with Crippen molar-refractivity contribution in [3.8, 4) is 11.8 Å². The first kappa shape index (κ1) is 17.3. The number of nitrogens with one attached hydrogen (secondary N) is 1. The molecule has 1 heterocycles. The lowest BCUT2D eigenvalue weighted by molar-refractivity contribution is -0.0627. The van der Waals surface area contributed by atoms with Gasteiger partial charge in [0.2, 0.25) is 0 Å². The van der Waals surface area contributed by atoms with Crippen LogP contribution in [0.25, 0.3) is 0 Å². The van der Waals surface area contributed by atoms with Crippen molar-refractivity contribution in [1.82, 2.24) is 5.32 Å². The molecular weight excluding hydrogens is 340 g/mol. The van der Waals surface area contributed by atoms with Gasteiger partial charge < -0.3 is 15.2 Å². The Hall–Kier alpha value is -2.55. The Morgan fingerprint density at radius 3 is 2.60 bits per heavy atom. The number of rotatable bonds is 2. The highest BCUT2D eigenvalue weighted by molar-refractivity contribution is 6.30. The fourth-order valence-electron chi connectivity index (χ4n) is 2.85. The minimum Gasteiger partial charge on any atom is -0.485 e. The molecule has 3 rings (SSSR count). The summed E-state index contributed by atoms with van der Waals surface area (Å²) in [5, 5.41) is 23.2. The van der Waals surface area contributed by atoms with E-state index in [9.17, 15) is 9.90 Å². The van der Waals surface area contributed by atoms with E-state index >= 15 is 0 Å². The van der Waals surface area contributed by atoms with E-state index in [0.717, 1.165) is 0 Å². The molecule has 0 aliphatic carbocycles. The molecule has 2 N–H and O–H groups in total. The summed E-state index contributed by atoms with van der Waals surface area (Å²) < 4.78 is 5.84. The summed E-state index contributed by atoms with van der Waals surface area (Å²) in [5.74, 6) is 0.197. The van der Waals surface area contributed by atoms with Crippen LogP contribution in [0.1, 0.15) is 41.4 Å². The Bertz CT molecular complexity index is 856. The molecule has 2 atom stereocenters. The van der Waals surface area contributed by atoms with Crippen LogP contribution in [-0.4, -0.2) is 22.7 Å². The van der Waals surface area contributed by atoms with Crippen LogP contribution in [0, 0.1) is 11.3 Å². The molecule has 128 valence electrons. The molecule has 0 unspecified atom stereocenters. The molecule has 0 saturated carbocycles. The maximum Gasteiger partial charge on any atom is 0.251 e. The fraction of sp³-hybridized carbons (Fsp3) is 0.263. The Labute approximate surface area is 150 Å². The third-order valence-corrected chi connectivity index (χ3v) is 4.52. The maximum atomic E-state index is 12.6. The van der Waals surface area contributed by atoms with E-state index < -0.39 is 17.7 Å². The number of aliphatic hydroxyl groups is 1. The second kappa shape index (κ2) is 6.40. The van der Waals surface area contributed by atoms with Crippen LogP contribution in [0.4, 0.5) is 0 Å². The zero-order chi connectivity index (χ0) is 18.2. The number of nitrogens with zero attached hydrogens (tertiary/aromatic N) is 1. The summed E-state index contributed by atoms with van der Waals surface area (Å²) in [6.07, 6.45) is -0.981. The van der Waals surface area contributed by atoms with E-state index in [0.29, 0.717) is 27.5 Å². The number of ether oxygens (including phenoxy) is 1. The van der Waals surface area contributed by atoms with Gasteiger partial charge in [0.05, 0.1) is 17.7 Å². The van der Waals surface area contributed by atoms with Gasteiger partial charge in [-0.15, -0.1) is 0 Å². The third kappa shape index (κ3) is 3.32. The SMILES string of the molecule is CC1(C)Oc2ccc(C#N)cc2[C@@H](NC(=O)c2ccc(Cl)cc2)[C@@H]1O. The summed E-state index contributed by atoms with van der Waals surface area (Å²) >= 11 is 5.85. The first-order chi connectivity index (χ1) is 11.8. The predicted octanol–water partition coefficient (Wildman–Crippen LogP) is 3.21. The quantitative estimate of drug-likeness (QED) is 0.865. The van der Waals surface area contributed by atoms with Crippen molar-refractivity contribution in [2.24, 2.45) is 0 Å². The van der Waals surface area contributed by atoms with E-state index in [2.05, 4.69) is 11.4 Å². The van der Waals surface area contributed by atoms with Crippen LogP contribution < -0.4 is 10.1 Å². The Morgan fingerprint density at radius 1 is 1.28 bits per heavy atom. The molecular formula is C19H17ClN2O3. The molecule has 2 aromatic carbocycles. The topological polar surface area (TPSA) is 82.3 Å². The molecule has 0 spiro atoms. The van der Waals surface area contributed by atoms with E-state index in [1.54, 1.807) is 56.3 Å². The van der Waals surface area contributed by atoms with Gasteiger partial charge in [0.1, 0.15) is 17.5 Å². The number of benzene rings is 2. The van der Waals surface area contributed by atoms with Crippen molar-refractivity contribution in [3.05, 3.63) is 64.2 Å². The minimum atomic E-state index is -0.981. The molecule has 0 saturated heterocycles. The summed E-state index contributed by atoms with van der Waals surface area (Å²) in [6, 6.07) is 12.8. The summed E-state index contributed by atoms with van der Waals surface area (Å²) in [6.45, 7) is 3.50. The Kier molecular flexibility index (Phi) is 4.42. The number of aliphatic hydroxyl groups excluding tert-OH is 1. The van der Waals surface area contributed by atoms with Crippen LogP contribution in [0.15, 0.2) is 42.5 Å². The van der Waals surface area contributed by atoms with Crippen LogP contribution in [0.3, 0.4) is 0 Å². The molecule has 0 radical (unpaired) electrons. The lowest BCUT2D eigenvalue weighted by Gasteiger charge is -2.42. The van der Waals surface area contributed by atoms with E-state index in [1.165, 1.54) is 0 Å². The molecule has 1 aliphatic rings. The van der Waals surface area contributed by atoms with Gasteiger partial charge in [0.25, 0.3) is 5.91 Å². The van der Waals surface area contributed by atoms with E-state index in [4.69, 9.17) is 21.6 Å². The second-order valence-electron chi connectivity index (χ2n) is 6.47. The van der Waals surface area contributed by atoms with Crippen LogP contribution >= 0.6 is 11.6 Å². The number of nitriles is 1. The zero-order valence-electron chi connectivity index (χ0n) is 13.8. The number of halogens is 1. The summed E-state index contributed by atoms with van der Waals surface area (Å²) in [5.41, 5.74) is 0.547. The monoisotopic (exact) mass is 356 g/mol. The number of carbonyl (C=O) groups excluding carboxylic acids is 1. The lowest BCUT2D eigenvalue weighted by Crippen LogP contribution is -2.53. The first-order valence-electron chi connectivity index (χ1n) is 7.79. The fourth-order valence-corrected chi connectivity index (χ4v) is 2.98. The number of fused-ring (bicyclic) bond motifs is 1. The van der Waals surface area contributed by atoms with Crippen LogP contribution in [0.2, 0.25) is 5.02 Å². The highest BCUT2D eigenvalue weighted by Gasteiger charge is 2.43. The lowest BCUT2D eigenvalue weighted by atomic mass is 9.85. The van der Waals surface area contributed by atoms with Gasteiger partial charge in [-0.05, 0) is 56.3 Å². The largest absolute Gasteiger partial charge is 0.485 e. The Balaban J connectivity index is 1.97. The van der Waals surface area contributed by atoms with Crippen LogP contribution in [-0.2, 0) is 0 Å². The second-order valence-corrected chi connectivity index (χ2v) is 6.91. The van der Waals surface area contributed by atoms with Gasteiger partial charge in [0, 0.05) is 16.1 Å². The molecule has 1 aliphatic heterocycles. The maximum absolute atomic E-state index is 12.6. The number of carbonyl (C=O) groups is 1. The summed E-state index contributed by atoms with van der Waals surface area (Å²) in [4.78, 5) is 12.6. The smallest absolute Gasteiger partial charge is 0.251 e. The van der Waals surface area contributed by atoms with Gasteiger partial charge >= 0.3 is 0 Å². The van der Waals surface area contributed by atoms with E-state index in [1.807, 2.05) is 0 Å². The highest BCUT2D eigenvalue weighted by Crippen LogP contribution is 2.40. The normalized spacial score (nSPS) is 20.8. The molecule has 6 heteroatoms. The van der Waals surface area contributed by atoms with Crippen LogP contribution in [0.5, 0.6) is 5.75 Å². The average molecular weight is 357 g/mol. The van der Waals surface area contributed by atoms with Gasteiger partial charge in [-0.1, -0.05) is 11.6 Å². The van der Waals surface area contributed by atoms with Crippen molar-refractivity contribution in [2.75, 3.05) is 0 Å². The first-order valence-corrected chi connectivity index (χ1v) is 8.17. The zero-order valence-corrected chi connectivity index (χ0v) is 14.5. The number of amides is 1. The molecule has 2 aromatic rings. The van der Waals surface area contributed by atoms with Crippen molar-refractivity contribution in [2.45, 2.75) is 31.6 Å². The van der Waals surface area contributed by atoms with Gasteiger partial charge in [-0.25, -0.2) is 0 Å². The molecule has 0 bridgehead atoms. The molecule has 5 nitrogen and oxygen atoms in total. The van der Waals surface area contributed by atoms with E-state index in [-0.39, 0.29) is 5.91 Å². The average Bonchev–Trinajstić information content (AvgIpc) is 2.59. The van der Waals surface area contributed by atoms with Crippen molar-refractivity contribution < 1.29 is 14.6 Å². The molecule has 0 fully saturated rings. The van der Waals surface area contributed by atoms with Gasteiger partial charge in [0.15, 0.2) is 0 Å². The third-order valence-electron chi connectivity index (χ3n) is 4.27. The molecule has 1 amide bonds. The molecule has 0 aromatic heterocycles. The predicted molar refractivity (Wildman–Crippen MR) is 93.5 cm³/mol. The van der Waals surface area contributed by atoms with Crippen molar-refractivity contribution >= 4 is 17.5 Å². The van der Waals surface area contributed by atoms with Gasteiger partial charge in [-0.2, -0.15) is 5.26 Å².